The zero-order chi connectivity index (χ0) is 30.2. The van der Waals surface area contributed by atoms with Crippen LogP contribution in [0.15, 0.2) is 144 Å². The number of benzene rings is 7. The van der Waals surface area contributed by atoms with Gasteiger partial charge in [-0.2, -0.15) is 0 Å². The Morgan fingerprint density at radius 3 is 1.91 bits per heavy atom. The molecule has 0 atom stereocenters. The zero-order valence-electron chi connectivity index (χ0n) is 24.4. The molecule has 0 spiro atoms. The predicted octanol–water partition coefficient (Wildman–Crippen LogP) is 11.4. The molecule has 10 aromatic rings. The Morgan fingerprint density at radius 1 is 0.413 bits per heavy atom. The Hall–Kier alpha value is -5.91. The number of para-hydroxylation sites is 1. The van der Waals surface area contributed by atoms with Crippen molar-refractivity contribution in [3.05, 3.63) is 140 Å². The predicted molar refractivity (Wildman–Crippen MR) is 191 cm³/mol. The first-order valence-electron chi connectivity index (χ1n) is 15.3. The average Bonchev–Trinajstić information content (AvgIpc) is 3.69. The van der Waals surface area contributed by atoms with Gasteiger partial charge in [-0.3, -0.25) is 0 Å². The molecule has 0 bridgehead atoms. The second-order valence-corrected chi connectivity index (χ2v) is 12.7. The SMILES string of the molecule is c1ccc(-c2nc(-c3ccc4c(c3)oc3ccccc34)nc(-c3ccc4sc5c(ccc6ccc7ccccc7c65)c4c3)n2)cc1. The maximum absolute atomic E-state index is 6.21. The minimum absolute atomic E-state index is 0.610. The number of thiophene rings is 1. The molecule has 0 fully saturated rings. The summed E-state index contributed by atoms with van der Waals surface area (Å²) in [4.78, 5) is 15.0. The topological polar surface area (TPSA) is 51.8 Å². The average molecular weight is 606 g/mol. The molecule has 10 rings (SSSR count). The van der Waals surface area contributed by atoms with E-state index in [1.807, 2.05) is 65.9 Å². The first-order chi connectivity index (χ1) is 22.8. The Morgan fingerprint density at radius 2 is 1.04 bits per heavy atom. The van der Waals surface area contributed by atoms with E-state index in [4.69, 9.17) is 19.4 Å². The third kappa shape index (κ3) is 3.89. The van der Waals surface area contributed by atoms with Crippen LogP contribution < -0.4 is 0 Å². The highest BCUT2D eigenvalue weighted by molar-refractivity contribution is 7.26. The summed E-state index contributed by atoms with van der Waals surface area (Å²) >= 11 is 1.85. The molecular weight excluding hydrogens is 583 g/mol. The van der Waals surface area contributed by atoms with Gasteiger partial charge in [-0.1, -0.05) is 103 Å². The van der Waals surface area contributed by atoms with E-state index in [1.165, 1.54) is 41.7 Å². The van der Waals surface area contributed by atoms with Crippen LogP contribution in [-0.2, 0) is 0 Å². The largest absolute Gasteiger partial charge is 0.456 e. The third-order valence-electron chi connectivity index (χ3n) is 8.91. The first-order valence-corrected chi connectivity index (χ1v) is 16.1. The molecule has 3 heterocycles. The van der Waals surface area contributed by atoms with E-state index in [0.717, 1.165) is 38.6 Å². The highest BCUT2D eigenvalue weighted by Gasteiger charge is 2.17. The van der Waals surface area contributed by atoms with Crippen molar-refractivity contribution in [1.82, 2.24) is 15.0 Å². The maximum Gasteiger partial charge on any atom is 0.164 e. The molecule has 214 valence electrons. The van der Waals surface area contributed by atoms with Crippen molar-refractivity contribution < 1.29 is 4.42 Å². The minimum Gasteiger partial charge on any atom is -0.456 e. The van der Waals surface area contributed by atoms with Crippen molar-refractivity contribution in [2.75, 3.05) is 0 Å². The molecular formula is C41H23N3OS. The molecule has 7 aromatic carbocycles. The van der Waals surface area contributed by atoms with Crippen LogP contribution >= 0.6 is 11.3 Å². The van der Waals surface area contributed by atoms with E-state index in [0.29, 0.717) is 17.5 Å². The van der Waals surface area contributed by atoms with Crippen LogP contribution in [0.1, 0.15) is 0 Å². The van der Waals surface area contributed by atoms with Gasteiger partial charge >= 0.3 is 0 Å². The number of aromatic nitrogens is 3. The molecule has 0 aliphatic carbocycles. The fraction of sp³-hybridized carbons (Fsp3) is 0. The van der Waals surface area contributed by atoms with E-state index in [9.17, 15) is 0 Å². The Labute approximate surface area is 267 Å². The molecule has 0 radical (unpaired) electrons. The summed E-state index contributed by atoms with van der Waals surface area (Å²) in [6.45, 7) is 0. The van der Waals surface area contributed by atoms with Gasteiger partial charge in [0.2, 0.25) is 0 Å². The summed E-state index contributed by atoms with van der Waals surface area (Å²) < 4.78 is 8.76. The lowest BCUT2D eigenvalue weighted by molar-refractivity contribution is 0.669. The number of rotatable bonds is 3. The molecule has 0 aliphatic rings. The summed E-state index contributed by atoms with van der Waals surface area (Å²) in [6, 6.07) is 48.6. The Bertz CT molecular complexity index is 2820. The van der Waals surface area contributed by atoms with Crippen LogP contribution in [0.4, 0.5) is 0 Å². The highest BCUT2D eigenvalue weighted by atomic mass is 32.1. The van der Waals surface area contributed by atoms with E-state index in [2.05, 4.69) is 84.9 Å². The molecule has 3 aromatic heterocycles. The van der Waals surface area contributed by atoms with E-state index in [-0.39, 0.29) is 0 Å². The van der Waals surface area contributed by atoms with E-state index >= 15 is 0 Å². The summed E-state index contributed by atoms with van der Waals surface area (Å²) in [7, 11) is 0. The van der Waals surface area contributed by atoms with Crippen LogP contribution in [0.2, 0.25) is 0 Å². The lowest BCUT2D eigenvalue weighted by Crippen LogP contribution is -2.00. The minimum atomic E-state index is 0.610. The lowest BCUT2D eigenvalue weighted by atomic mass is 9.99. The Balaban J connectivity index is 1.18. The van der Waals surface area contributed by atoms with E-state index < -0.39 is 0 Å². The van der Waals surface area contributed by atoms with Crippen molar-refractivity contribution in [2.45, 2.75) is 0 Å². The molecule has 0 saturated carbocycles. The second kappa shape index (κ2) is 9.80. The quantitative estimate of drug-likeness (QED) is 0.188. The monoisotopic (exact) mass is 605 g/mol. The summed E-state index contributed by atoms with van der Waals surface area (Å²) in [6.07, 6.45) is 0. The van der Waals surface area contributed by atoms with Crippen molar-refractivity contribution >= 4 is 75.0 Å². The van der Waals surface area contributed by atoms with E-state index in [1.54, 1.807) is 0 Å². The maximum atomic E-state index is 6.21. The van der Waals surface area contributed by atoms with Gasteiger partial charge in [-0.25, -0.2) is 15.0 Å². The van der Waals surface area contributed by atoms with Gasteiger partial charge in [0, 0.05) is 53.0 Å². The number of hydrogen-bond donors (Lipinski definition) is 0. The third-order valence-corrected chi connectivity index (χ3v) is 10.1. The van der Waals surface area contributed by atoms with Crippen LogP contribution in [0.5, 0.6) is 0 Å². The molecule has 5 heteroatoms. The number of hydrogen-bond acceptors (Lipinski definition) is 5. The van der Waals surface area contributed by atoms with Crippen LogP contribution in [0.25, 0.3) is 97.8 Å². The number of furan rings is 1. The lowest BCUT2D eigenvalue weighted by Gasteiger charge is -2.09. The van der Waals surface area contributed by atoms with Gasteiger partial charge in [0.15, 0.2) is 17.5 Å². The fourth-order valence-electron chi connectivity index (χ4n) is 6.68. The zero-order valence-corrected chi connectivity index (χ0v) is 25.3. The van der Waals surface area contributed by atoms with Crippen molar-refractivity contribution in [2.24, 2.45) is 0 Å². The Kier molecular flexibility index (Phi) is 5.41. The highest BCUT2D eigenvalue weighted by Crippen LogP contribution is 2.42. The molecule has 4 nitrogen and oxygen atoms in total. The first kappa shape index (κ1) is 25.4. The van der Waals surface area contributed by atoms with Crippen LogP contribution in [0, 0.1) is 0 Å². The molecule has 0 unspecified atom stereocenters. The van der Waals surface area contributed by atoms with Gasteiger partial charge < -0.3 is 4.42 Å². The summed E-state index contributed by atoms with van der Waals surface area (Å²) in [5.74, 6) is 1.89. The summed E-state index contributed by atoms with van der Waals surface area (Å²) in [5, 5.41) is 9.75. The molecule has 0 amide bonds. The molecule has 0 saturated heterocycles. The fourth-order valence-corrected chi connectivity index (χ4v) is 7.93. The standard InChI is InChI=1S/C41H23N3OS/c1-2-9-26(10-3-1)39-42-40(44-41(43-39)28-17-19-31-30-12-6-7-13-34(30)45-35(31)23-28)27-18-21-36-33(22-27)32-20-16-25-15-14-24-8-4-5-11-29(24)37(25)38(32)46-36/h1-23H. The summed E-state index contributed by atoms with van der Waals surface area (Å²) in [5.41, 5.74) is 4.46. The second-order valence-electron chi connectivity index (χ2n) is 11.6. The van der Waals surface area contributed by atoms with Gasteiger partial charge in [-0.15, -0.1) is 11.3 Å². The number of fused-ring (bicyclic) bond motifs is 10. The van der Waals surface area contributed by atoms with Gasteiger partial charge in [0.05, 0.1) is 0 Å². The van der Waals surface area contributed by atoms with Gasteiger partial charge in [-0.05, 0) is 52.6 Å². The van der Waals surface area contributed by atoms with Crippen molar-refractivity contribution in [3.8, 4) is 34.2 Å². The molecule has 46 heavy (non-hydrogen) atoms. The molecule has 0 N–H and O–H groups in total. The normalized spacial score (nSPS) is 11.9. The van der Waals surface area contributed by atoms with Gasteiger partial charge in [0.1, 0.15) is 11.2 Å². The van der Waals surface area contributed by atoms with Crippen molar-refractivity contribution in [1.29, 1.82) is 0 Å². The van der Waals surface area contributed by atoms with Crippen LogP contribution in [-0.4, -0.2) is 15.0 Å². The molecule has 0 aliphatic heterocycles. The van der Waals surface area contributed by atoms with Gasteiger partial charge in [0.25, 0.3) is 0 Å². The smallest absolute Gasteiger partial charge is 0.164 e. The van der Waals surface area contributed by atoms with Crippen LogP contribution in [0.3, 0.4) is 0 Å². The van der Waals surface area contributed by atoms with Crippen molar-refractivity contribution in [3.63, 3.8) is 0 Å². The number of nitrogens with zero attached hydrogens (tertiary/aromatic N) is 3.